The number of furan rings is 1. The van der Waals surface area contributed by atoms with Gasteiger partial charge >= 0.3 is 0 Å². The fourth-order valence-electron chi connectivity index (χ4n) is 2.76. The third-order valence-corrected chi connectivity index (χ3v) is 5.19. The highest BCUT2D eigenvalue weighted by molar-refractivity contribution is 7.21. The molecule has 5 heteroatoms. The Kier molecular flexibility index (Phi) is 3.78. The normalized spacial score (nSPS) is 10.9. The van der Waals surface area contributed by atoms with Crippen molar-refractivity contribution in [3.63, 3.8) is 0 Å². The lowest BCUT2D eigenvalue weighted by atomic mass is 10.1. The van der Waals surface area contributed by atoms with Crippen LogP contribution in [0.3, 0.4) is 0 Å². The van der Waals surface area contributed by atoms with Gasteiger partial charge in [0.2, 0.25) is 0 Å². The highest BCUT2D eigenvalue weighted by Crippen LogP contribution is 2.31. The van der Waals surface area contributed by atoms with Gasteiger partial charge < -0.3 is 15.5 Å². The summed E-state index contributed by atoms with van der Waals surface area (Å²) in [6, 6.07) is 15.4. The van der Waals surface area contributed by atoms with Gasteiger partial charge in [-0.1, -0.05) is 12.1 Å². The number of anilines is 2. The number of carbonyl (C=O) groups excluding carboxylic acids is 1. The first-order valence-corrected chi connectivity index (χ1v) is 8.65. The molecule has 0 saturated heterocycles. The van der Waals surface area contributed by atoms with E-state index in [1.807, 2.05) is 43.3 Å². The molecule has 0 atom stereocenters. The molecule has 0 radical (unpaired) electrons. The molecule has 0 fully saturated rings. The predicted molar refractivity (Wildman–Crippen MR) is 103 cm³/mol. The largest absolute Gasteiger partial charge is 0.472 e. The molecule has 2 aromatic heterocycles. The number of hydrogen-bond acceptors (Lipinski definition) is 4. The Bertz CT molecular complexity index is 1060. The molecule has 2 aromatic carbocycles. The summed E-state index contributed by atoms with van der Waals surface area (Å²) < 4.78 is 6.21. The Morgan fingerprint density at radius 1 is 1.08 bits per heavy atom. The van der Waals surface area contributed by atoms with Crippen LogP contribution in [0.1, 0.15) is 15.2 Å². The Balaban J connectivity index is 1.63. The number of amides is 1. The Morgan fingerprint density at radius 2 is 1.96 bits per heavy atom. The van der Waals surface area contributed by atoms with E-state index in [4.69, 9.17) is 10.2 Å². The molecule has 0 aliphatic carbocycles. The lowest BCUT2D eigenvalue weighted by molar-refractivity contribution is 0.103. The van der Waals surface area contributed by atoms with Crippen molar-refractivity contribution in [3.05, 3.63) is 71.5 Å². The van der Waals surface area contributed by atoms with E-state index in [0.717, 1.165) is 32.5 Å². The molecule has 4 aromatic rings. The highest BCUT2D eigenvalue weighted by atomic mass is 32.1. The van der Waals surface area contributed by atoms with Gasteiger partial charge in [-0.15, -0.1) is 11.3 Å². The molecule has 0 unspecified atom stereocenters. The minimum Gasteiger partial charge on any atom is -0.472 e. The number of aryl methyl sites for hydroxylation is 1. The molecule has 0 saturated carbocycles. The van der Waals surface area contributed by atoms with E-state index >= 15 is 0 Å². The molecule has 1 amide bonds. The van der Waals surface area contributed by atoms with Crippen LogP contribution in [0.2, 0.25) is 0 Å². The number of benzene rings is 2. The van der Waals surface area contributed by atoms with Crippen LogP contribution in [0, 0.1) is 6.92 Å². The van der Waals surface area contributed by atoms with Crippen molar-refractivity contribution in [1.82, 2.24) is 0 Å². The SMILES string of the molecule is Cc1cc(N)ccc1NC(=O)c1cc2ccc(-c3ccoc3)cc2s1. The summed E-state index contributed by atoms with van der Waals surface area (Å²) in [6.45, 7) is 1.92. The number of carbonyl (C=O) groups is 1. The molecule has 4 rings (SSSR count). The van der Waals surface area contributed by atoms with Crippen LogP contribution < -0.4 is 11.1 Å². The molecule has 4 nitrogen and oxygen atoms in total. The van der Waals surface area contributed by atoms with Crippen molar-refractivity contribution in [2.24, 2.45) is 0 Å². The van der Waals surface area contributed by atoms with Crippen molar-refractivity contribution >= 4 is 38.7 Å². The smallest absolute Gasteiger partial charge is 0.265 e. The maximum atomic E-state index is 12.6. The molecule has 0 aliphatic heterocycles. The number of nitrogens with one attached hydrogen (secondary N) is 1. The van der Waals surface area contributed by atoms with Gasteiger partial charge in [0.05, 0.1) is 17.4 Å². The maximum Gasteiger partial charge on any atom is 0.265 e. The molecule has 0 spiro atoms. The number of thiophene rings is 1. The van der Waals surface area contributed by atoms with Gasteiger partial charge in [0.1, 0.15) is 0 Å². The van der Waals surface area contributed by atoms with Crippen LogP contribution in [-0.2, 0) is 0 Å². The van der Waals surface area contributed by atoms with E-state index in [9.17, 15) is 4.79 Å². The van der Waals surface area contributed by atoms with Gasteiger partial charge in [0.15, 0.2) is 0 Å². The van der Waals surface area contributed by atoms with E-state index in [1.54, 1.807) is 18.6 Å². The number of hydrogen-bond donors (Lipinski definition) is 2. The average molecular weight is 348 g/mol. The highest BCUT2D eigenvalue weighted by Gasteiger charge is 2.12. The lowest BCUT2D eigenvalue weighted by Crippen LogP contribution is -2.11. The Labute approximate surface area is 148 Å². The standard InChI is InChI=1S/C20H16N2O2S/c1-12-8-16(21)4-5-17(12)22-20(23)19-10-14-3-2-13(9-18(14)25-19)15-6-7-24-11-15/h2-11H,21H2,1H3,(H,22,23). The van der Waals surface area contributed by atoms with E-state index in [1.165, 1.54) is 11.3 Å². The van der Waals surface area contributed by atoms with E-state index in [-0.39, 0.29) is 5.91 Å². The van der Waals surface area contributed by atoms with Gasteiger partial charge in [-0.05, 0) is 59.8 Å². The zero-order valence-corrected chi connectivity index (χ0v) is 14.4. The van der Waals surface area contributed by atoms with Crippen molar-refractivity contribution < 1.29 is 9.21 Å². The summed E-state index contributed by atoms with van der Waals surface area (Å²) in [5, 5.41) is 4.01. The number of nitrogens with two attached hydrogens (primary N) is 1. The van der Waals surface area contributed by atoms with E-state index in [2.05, 4.69) is 11.4 Å². The summed E-state index contributed by atoms with van der Waals surface area (Å²) >= 11 is 1.48. The van der Waals surface area contributed by atoms with Crippen LogP contribution in [0.15, 0.2) is 65.5 Å². The first-order valence-electron chi connectivity index (χ1n) is 7.84. The fourth-order valence-corrected chi connectivity index (χ4v) is 3.76. The summed E-state index contributed by atoms with van der Waals surface area (Å²) in [4.78, 5) is 13.3. The molecule has 0 aliphatic rings. The zero-order chi connectivity index (χ0) is 17.4. The number of nitrogen functional groups attached to an aromatic ring is 1. The monoisotopic (exact) mass is 348 g/mol. The van der Waals surface area contributed by atoms with Crippen molar-refractivity contribution in [2.75, 3.05) is 11.1 Å². The minimum atomic E-state index is -0.112. The Morgan fingerprint density at radius 3 is 2.72 bits per heavy atom. The third kappa shape index (κ3) is 3.02. The second-order valence-corrected chi connectivity index (χ2v) is 6.99. The van der Waals surface area contributed by atoms with Crippen LogP contribution >= 0.6 is 11.3 Å². The van der Waals surface area contributed by atoms with Crippen molar-refractivity contribution in [3.8, 4) is 11.1 Å². The number of rotatable bonds is 3. The lowest BCUT2D eigenvalue weighted by Gasteiger charge is -2.07. The molecule has 2 heterocycles. The van der Waals surface area contributed by atoms with Gasteiger partial charge in [-0.3, -0.25) is 4.79 Å². The van der Waals surface area contributed by atoms with Gasteiger partial charge in [-0.2, -0.15) is 0 Å². The fraction of sp³-hybridized carbons (Fsp3) is 0.0500. The quantitative estimate of drug-likeness (QED) is 0.493. The van der Waals surface area contributed by atoms with Crippen LogP contribution in [0.5, 0.6) is 0 Å². The van der Waals surface area contributed by atoms with Crippen molar-refractivity contribution in [2.45, 2.75) is 6.92 Å². The van der Waals surface area contributed by atoms with Gasteiger partial charge in [-0.25, -0.2) is 0 Å². The molecule has 3 N–H and O–H groups in total. The van der Waals surface area contributed by atoms with E-state index in [0.29, 0.717) is 10.6 Å². The van der Waals surface area contributed by atoms with E-state index < -0.39 is 0 Å². The number of fused-ring (bicyclic) bond motifs is 1. The maximum absolute atomic E-state index is 12.6. The van der Waals surface area contributed by atoms with Crippen LogP contribution in [-0.4, -0.2) is 5.91 Å². The zero-order valence-electron chi connectivity index (χ0n) is 13.6. The molecular formula is C20H16N2O2S. The molecule has 25 heavy (non-hydrogen) atoms. The summed E-state index contributed by atoms with van der Waals surface area (Å²) in [5.74, 6) is -0.112. The van der Waals surface area contributed by atoms with Gasteiger partial charge in [0, 0.05) is 21.6 Å². The van der Waals surface area contributed by atoms with Crippen LogP contribution in [0.4, 0.5) is 11.4 Å². The first-order chi connectivity index (χ1) is 12.1. The third-order valence-electron chi connectivity index (χ3n) is 4.10. The molecule has 124 valence electrons. The topological polar surface area (TPSA) is 68.3 Å². The summed E-state index contributed by atoms with van der Waals surface area (Å²) in [6.07, 6.45) is 3.37. The minimum absolute atomic E-state index is 0.112. The van der Waals surface area contributed by atoms with Gasteiger partial charge in [0.25, 0.3) is 5.91 Å². The second kappa shape index (κ2) is 6.11. The van der Waals surface area contributed by atoms with Crippen molar-refractivity contribution in [1.29, 1.82) is 0 Å². The second-order valence-electron chi connectivity index (χ2n) is 5.90. The summed E-state index contributed by atoms with van der Waals surface area (Å²) in [5.41, 5.74) is 10.3. The first kappa shape index (κ1) is 15.5. The molecule has 0 bridgehead atoms. The summed E-state index contributed by atoms with van der Waals surface area (Å²) in [7, 11) is 0. The average Bonchev–Trinajstić information content (AvgIpc) is 3.25. The molecular weight excluding hydrogens is 332 g/mol. The predicted octanol–water partition coefficient (Wildman–Crippen LogP) is 5.30. The Hall–Kier alpha value is -3.05. The van der Waals surface area contributed by atoms with Crippen LogP contribution in [0.25, 0.3) is 21.2 Å².